The van der Waals surface area contributed by atoms with Crippen LogP contribution in [0.2, 0.25) is 0 Å². The van der Waals surface area contributed by atoms with Gasteiger partial charge in [-0.25, -0.2) is 0 Å². The molecule has 0 heterocycles. The number of amides is 1. The molecule has 0 aliphatic rings. The van der Waals surface area contributed by atoms with Crippen LogP contribution in [0.5, 0.6) is 0 Å². The van der Waals surface area contributed by atoms with E-state index in [1.54, 1.807) is 0 Å². The van der Waals surface area contributed by atoms with E-state index in [9.17, 15) is 4.79 Å². The molecule has 0 bridgehead atoms. The van der Waals surface area contributed by atoms with Gasteiger partial charge in [-0.15, -0.1) is 0 Å². The van der Waals surface area contributed by atoms with Crippen molar-refractivity contribution in [2.75, 3.05) is 25.1 Å². The minimum atomic E-state index is 0.111. The van der Waals surface area contributed by atoms with Crippen LogP contribution in [0, 0.1) is 0 Å². The molecular formula is C8H16BrNO2. The predicted molar refractivity (Wildman–Crippen MR) is 52.5 cm³/mol. The Balaban J connectivity index is 3.03. The molecule has 0 aromatic carbocycles. The van der Waals surface area contributed by atoms with Crippen LogP contribution in [-0.4, -0.2) is 31.0 Å². The first-order valence-corrected chi connectivity index (χ1v) is 5.33. The second-order valence-corrected chi connectivity index (χ2v) is 3.19. The van der Waals surface area contributed by atoms with Crippen molar-refractivity contribution in [1.82, 2.24) is 5.32 Å². The standard InChI is InChI=1S/C8H16BrNO2/c1-2-3-8(11)10-5-7-12-6-4-9/h2-7H2,1H3,(H,10,11). The Bertz CT molecular complexity index is 120. The molecule has 0 aliphatic carbocycles. The van der Waals surface area contributed by atoms with E-state index < -0.39 is 0 Å². The van der Waals surface area contributed by atoms with Gasteiger partial charge in [0.15, 0.2) is 0 Å². The van der Waals surface area contributed by atoms with E-state index >= 15 is 0 Å². The van der Waals surface area contributed by atoms with E-state index in [1.807, 2.05) is 6.92 Å². The lowest BCUT2D eigenvalue weighted by atomic mass is 10.3. The molecule has 0 spiro atoms. The maximum atomic E-state index is 10.9. The summed E-state index contributed by atoms with van der Waals surface area (Å²) in [6.07, 6.45) is 1.51. The molecule has 1 amide bonds. The summed E-state index contributed by atoms with van der Waals surface area (Å²) in [5.74, 6) is 0.111. The summed E-state index contributed by atoms with van der Waals surface area (Å²) >= 11 is 3.24. The van der Waals surface area contributed by atoms with Crippen molar-refractivity contribution >= 4 is 21.8 Å². The van der Waals surface area contributed by atoms with Gasteiger partial charge in [0.2, 0.25) is 5.91 Å². The van der Waals surface area contributed by atoms with E-state index in [-0.39, 0.29) is 5.91 Å². The lowest BCUT2D eigenvalue weighted by Gasteiger charge is -2.03. The van der Waals surface area contributed by atoms with E-state index in [0.717, 1.165) is 11.8 Å². The molecule has 0 saturated carbocycles. The van der Waals surface area contributed by atoms with Crippen molar-refractivity contribution in [3.8, 4) is 0 Å². The first-order chi connectivity index (χ1) is 5.81. The zero-order valence-electron chi connectivity index (χ0n) is 7.44. The Labute approximate surface area is 82.0 Å². The zero-order chi connectivity index (χ0) is 9.23. The Morgan fingerprint density at radius 2 is 2.25 bits per heavy atom. The van der Waals surface area contributed by atoms with Crippen LogP contribution in [-0.2, 0) is 9.53 Å². The van der Waals surface area contributed by atoms with Gasteiger partial charge in [0.25, 0.3) is 0 Å². The highest BCUT2D eigenvalue weighted by atomic mass is 79.9. The Morgan fingerprint density at radius 3 is 2.83 bits per heavy atom. The van der Waals surface area contributed by atoms with E-state index in [4.69, 9.17) is 4.74 Å². The van der Waals surface area contributed by atoms with Crippen LogP contribution in [0.25, 0.3) is 0 Å². The van der Waals surface area contributed by atoms with Crippen molar-refractivity contribution in [1.29, 1.82) is 0 Å². The van der Waals surface area contributed by atoms with Gasteiger partial charge >= 0.3 is 0 Å². The average molecular weight is 238 g/mol. The van der Waals surface area contributed by atoms with Crippen LogP contribution < -0.4 is 5.32 Å². The van der Waals surface area contributed by atoms with E-state index in [0.29, 0.717) is 26.2 Å². The van der Waals surface area contributed by atoms with Crippen molar-refractivity contribution in [3.63, 3.8) is 0 Å². The van der Waals surface area contributed by atoms with Gasteiger partial charge in [-0.3, -0.25) is 4.79 Å². The monoisotopic (exact) mass is 237 g/mol. The van der Waals surface area contributed by atoms with Gasteiger partial charge in [-0.05, 0) is 6.42 Å². The van der Waals surface area contributed by atoms with Gasteiger partial charge in [0, 0.05) is 18.3 Å². The lowest BCUT2D eigenvalue weighted by molar-refractivity contribution is -0.121. The molecule has 0 aromatic rings. The van der Waals surface area contributed by atoms with Gasteiger partial charge < -0.3 is 10.1 Å². The number of alkyl halides is 1. The molecule has 0 aliphatic heterocycles. The maximum Gasteiger partial charge on any atom is 0.220 e. The molecule has 1 N–H and O–H groups in total. The highest BCUT2D eigenvalue weighted by Gasteiger charge is 1.96. The number of halogens is 1. The third-order valence-corrected chi connectivity index (χ3v) is 1.59. The van der Waals surface area contributed by atoms with Crippen molar-refractivity contribution in [3.05, 3.63) is 0 Å². The maximum absolute atomic E-state index is 10.9. The zero-order valence-corrected chi connectivity index (χ0v) is 9.02. The Kier molecular flexibility index (Phi) is 8.93. The number of nitrogens with one attached hydrogen (secondary N) is 1. The van der Waals surface area contributed by atoms with Crippen LogP contribution >= 0.6 is 15.9 Å². The van der Waals surface area contributed by atoms with Crippen LogP contribution in [0.3, 0.4) is 0 Å². The fourth-order valence-corrected chi connectivity index (χ4v) is 0.964. The van der Waals surface area contributed by atoms with Gasteiger partial charge in [-0.2, -0.15) is 0 Å². The molecule has 0 unspecified atom stereocenters. The second-order valence-electron chi connectivity index (χ2n) is 2.40. The fourth-order valence-electron chi connectivity index (χ4n) is 0.735. The first kappa shape index (κ1) is 11.9. The Hall–Kier alpha value is -0.0900. The molecule has 12 heavy (non-hydrogen) atoms. The largest absolute Gasteiger partial charge is 0.379 e. The molecule has 0 fully saturated rings. The second kappa shape index (κ2) is 9.00. The number of hydrogen-bond acceptors (Lipinski definition) is 2. The summed E-state index contributed by atoms with van der Waals surface area (Å²) in [6, 6.07) is 0. The van der Waals surface area contributed by atoms with Gasteiger partial charge in [-0.1, -0.05) is 22.9 Å². The third-order valence-electron chi connectivity index (χ3n) is 1.27. The number of carbonyl (C=O) groups excluding carboxylic acids is 1. The lowest BCUT2D eigenvalue weighted by Crippen LogP contribution is -2.26. The predicted octanol–water partition coefficient (Wildman–Crippen LogP) is 1.31. The van der Waals surface area contributed by atoms with Crippen LogP contribution in [0.15, 0.2) is 0 Å². The average Bonchev–Trinajstić information content (AvgIpc) is 2.05. The fraction of sp³-hybridized carbons (Fsp3) is 0.875. The van der Waals surface area contributed by atoms with Crippen molar-refractivity contribution in [2.45, 2.75) is 19.8 Å². The highest BCUT2D eigenvalue weighted by Crippen LogP contribution is 1.85. The highest BCUT2D eigenvalue weighted by molar-refractivity contribution is 9.09. The van der Waals surface area contributed by atoms with Crippen molar-refractivity contribution in [2.24, 2.45) is 0 Å². The minimum Gasteiger partial charge on any atom is -0.379 e. The molecule has 0 radical (unpaired) electrons. The molecular weight excluding hydrogens is 222 g/mol. The summed E-state index contributed by atoms with van der Waals surface area (Å²) in [5, 5.41) is 3.61. The SMILES string of the molecule is CCCC(=O)NCCOCCBr. The molecule has 0 atom stereocenters. The molecule has 0 aromatic heterocycles. The number of carbonyl (C=O) groups is 1. The normalized spacial score (nSPS) is 9.83. The van der Waals surface area contributed by atoms with Crippen LogP contribution in [0.1, 0.15) is 19.8 Å². The van der Waals surface area contributed by atoms with Crippen molar-refractivity contribution < 1.29 is 9.53 Å². The van der Waals surface area contributed by atoms with E-state index in [2.05, 4.69) is 21.2 Å². The van der Waals surface area contributed by atoms with Gasteiger partial charge in [0.1, 0.15) is 0 Å². The third kappa shape index (κ3) is 8.01. The molecule has 3 nitrogen and oxygen atoms in total. The van der Waals surface area contributed by atoms with Crippen LogP contribution in [0.4, 0.5) is 0 Å². The quantitative estimate of drug-likeness (QED) is 0.536. The minimum absolute atomic E-state index is 0.111. The molecule has 0 saturated heterocycles. The topological polar surface area (TPSA) is 38.3 Å². The summed E-state index contributed by atoms with van der Waals surface area (Å²) < 4.78 is 5.15. The number of hydrogen-bond donors (Lipinski definition) is 1. The summed E-state index contributed by atoms with van der Waals surface area (Å²) in [4.78, 5) is 10.9. The molecule has 72 valence electrons. The summed E-state index contributed by atoms with van der Waals surface area (Å²) in [7, 11) is 0. The van der Waals surface area contributed by atoms with Gasteiger partial charge in [0.05, 0.1) is 13.2 Å². The Morgan fingerprint density at radius 1 is 1.50 bits per heavy atom. The van der Waals surface area contributed by atoms with E-state index in [1.165, 1.54) is 0 Å². The number of ether oxygens (including phenoxy) is 1. The molecule has 0 rings (SSSR count). The molecule has 4 heteroatoms. The first-order valence-electron chi connectivity index (χ1n) is 4.21. The summed E-state index contributed by atoms with van der Waals surface area (Å²) in [5.41, 5.74) is 0. The number of rotatable bonds is 7. The smallest absolute Gasteiger partial charge is 0.220 e. The summed E-state index contributed by atoms with van der Waals surface area (Å²) in [6.45, 7) is 3.90.